The van der Waals surface area contributed by atoms with Crippen LogP contribution in [0.2, 0.25) is 0 Å². The van der Waals surface area contributed by atoms with Gasteiger partial charge in [0.15, 0.2) is 5.42 Å². The number of fused-ring (bicyclic) bond motifs is 8. The van der Waals surface area contributed by atoms with E-state index in [1.807, 2.05) is 12.1 Å². The fourth-order valence-corrected chi connectivity index (χ4v) is 10.8. The van der Waals surface area contributed by atoms with Crippen LogP contribution >= 0.6 is 0 Å². The first kappa shape index (κ1) is 34.8. The highest BCUT2D eigenvalue weighted by atomic mass is 16.3. The average Bonchev–Trinajstić information content (AvgIpc) is 3.86. The SMILES string of the molecule is C1=CCC(c2cccc(C3=c4oc5ccccc5c4=NC(C4=CC5C(C=C4)c4c(-c6ccccc6)cc6ccccc6c4C5(c4ccccc4)c4ccccc4)N3)c2)C=C1. The van der Waals surface area contributed by atoms with Crippen molar-refractivity contribution in [2.45, 2.75) is 29.8 Å². The fourth-order valence-electron chi connectivity index (χ4n) is 10.8. The lowest BCUT2D eigenvalue weighted by molar-refractivity contribution is 0.451. The summed E-state index contributed by atoms with van der Waals surface area (Å²) < 4.78 is 6.68. The number of allylic oxidation sites excluding steroid dienone is 6. The van der Waals surface area contributed by atoms with Crippen molar-refractivity contribution < 1.29 is 4.42 Å². The predicted molar refractivity (Wildman–Crippen MR) is 244 cm³/mol. The summed E-state index contributed by atoms with van der Waals surface area (Å²) in [5.41, 5.74) is 13.5. The molecule has 60 heavy (non-hydrogen) atoms. The molecular formula is C57H42N2O. The highest BCUT2D eigenvalue weighted by molar-refractivity contribution is 5.97. The second kappa shape index (κ2) is 14.0. The van der Waals surface area contributed by atoms with E-state index in [-0.39, 0.29) is 18.0 Å². The Morgan fingerprint density at radius 3 is 2.10 bits per heavy atom. The summed E-state index contributed by atoms with van der Waals surface area (Å²) in [6.45, 7) is 0. The maximum atomic E-state index is 6.68. The molecule has 0 fully saturated rings. The third kappa shape index (κ3) is 5.32. The molecule has 2 heterocycles. The number of benzene rings is 7. The van der Waals surface area contributed by atoms with Crippen LogP contribution in [-0.4, -0.2) is 6.17 Å². The first-order valence-electron chi connectivity index (χ1n) is 21.2. The first-order valence-corrected chi connectivity index (χ1v) is 21.2. The molecule has 3 aliphatic carbocycles. The van der Waals surface area contributed by atoms with E-state index in [9.17, 15) is 0 Å². The number of hydrogen-bond acceptors (Lipinski definition) is 3. The molecule has 4 unspecified atom stereocenters. The molecule has 0 radical (unpaired) electrons. The Kier molecular flexibility index (Phi) is 8.09. The fraction of sp³-hybridized carbons (Fsp3) is 0.105. The van der Waals surface area contributed by atoms with Crippen LogP contribution in [0.5, 0.6) is 0 Å². The molecule has 1 aromatic heterocycles. The zero-order chi connectivity index (χ0) is 39.6. The lowest BCUT2D eigenvalue weighted by Crippen LogP contribution is -2.43. The Morgan fingerprint density at radius 1 is 0.633 bits per heavy atom. The van der Waals surface area contributed by atoms with Gasteiger partial charge in [0, 0.05) is 28.7 Å². The Hall–Kier alpha value is -7.23. The standard InChI is InChI=1S/C57H42N2O/c1-5-18-37(19-6-1)39-23-17-24-41(34-39)53-55-54(47-30-15-16-31-50(47)60-55)59-56(58-53)42-32-33-46-49(36-42)57(43-25-9-3-10-26-43,44-27-11-4-12-28-44)52-45-29-14-13-22-40(45)35-48(51(46)52)38-20-7-2-8-21-38/h1-18,20-37,46,49,56,58H,19H2. The maximum Gasteiger partial charge on any atom is 0.177 e. The molecule has 1 N–H and O–H groups in total. The topological polar surface area (TPSA) is 37.5 Å². The zero-order valence-corrected chi connectivity index (χ0v) is 33.1. The molecule has 12 rings (SSSR count). The van der Waals surface area contributed by atoms with Gasteiger partial charge in [-0.15, -0.1) is 0 Å². The number of hydrogen-bond donors (Lipinski definition) is 1. The van der Waals surface area contributed by atoms with Crippen LogP contribution in [0.1, 0.15) is 51.6 Å². The van der Waals surface area contributed by atoms with Crippen LogP contribution in [0, 0.1) is 5.92 Å². The zero-order valence-electron chi connectivity index (χ0n) is 33.1. The third-order valence-corrected chi connectivity index (χ3v) is 13.4. The summed E-state index contributed by atoms with van der Waals surface area (Å²) in [4.78, 5) is 5.55. The first-order chi connectivity index (χ1) is 29.8. The highest BCUT2D eigenvalue weighted by Gasteiger charge is 2.55. The second-order valence-electron chi connectivity index (χ2n) is 16.5. The summed E-state index contributed by atoms with van der Waals surface area (Å²) >= 11 is 0. The molecule has 4 aliphatic rings. The molecule has 286 valence electrons. The molecule has 4 atom stereocenters. The lowest BCUT2D eigenvalue weighted by atomic mass is 9.62. The van der Waals surface area contributed by atoms with Crippen molar-refractivity contribution in [2.75, 3.05) is 0 Å². The van der Waals surface area contributed by atoms with E-state index < -0.39 is 5.41 Å². The number of para-hydroxylation sites is 1. The minimum atomic E-state index is -0.506. The Morgan fingerprint density at radius 2 is 1.33 bits per heavy atom. The Bertz CT molecular complexity index is 3190. The van der Waals surface area contributed by atoms with E-state index in [1.165, 1.54) is 49.7 Å². The monoisotopic (exact) mass is 770 g/mol. The van der Waals surface area contributed by atoms with Gasteiger partial charge in [-0.05, 0) is 86.0 Å². The Labute approximate surface area is 349 Å². The number of furan rings is 1. The van der Waals surface area contributed by atoms with Gasteiger partial charge in [0.05, 0.1) is 11.1 Å². The summed E-state index contributed by atoms with van der Waals surface area (Å²) in [6.07, 6.45) is 16.9. The number of rotatable bonds is 6. The number of nitrogens with one attached hydrogen (secondary N) is 1. The van der Waals surface area contributed by atoms with Gasteiger partial charge < -0.3 is 9.73 Å². The molecule has 0 saturated carbocycles. The predicted octanol–water partition coefficient (Wildman–Crippen LogP) is 11.8. The van der Waals surface area contributed by atoms with Crippen LogP contribution in [0.15, 0.2) is 227 Å². The third-order valence-electron chi connectivity index (χ3n) is 13.4. The summed E-state index contributed by atoms with van der Waals surface area (Å²) in [5.74, 6) is 0.485. The van der Waals surface area contributed by atoms with Gasteiger partial charge >= 0.3 is 0 Å². The van der Waals surface area contributed by atoms with E-state index >= 15 is 0 Å². The van der Waals surface area contributed by atoms with Gasteiger partial charge in [0.2, 0.25) is 0 Å². The van der Waals surface area contributed by atoms with Crippen LogP contribution in [0.3, 0.4) is 0 Å². The molecule has 1 aliphatic heterocycles. The van der Waals surface area contributed by atoms with Crippen LogP contribution in [0.25, 0.3) is 38.6 Å². The summed E-state index contributed by atoms with van der Waals surface area (Å²) in [5, 5.41) is 8.44. The van der Waals surface area contributed by atoms with Gasteiger partial charge in [-0.25, -0.2) is 0 Å². The molecule has 7 aromatic carbocycles. The molecule has 0 bridgehead atoms. The van der Waals surface area contributed by atoms with Crippen LogP contribution in [0.4, 0.5) is 0 Å². The molecule has 0 saturated heterocycles. The molecule has 0 amide bonds. The van der Waals surface area contributed by atoms with Crippen LogP contribution < -0.4 is 16.1 Å². The van der Waals surface area contributed by atoms with Crippen LogP contribution in [-0.2, 0) is 5.41 Å². The summed E-state index contributed by atoms with van der Waals surface area (Å²) in [6, 6.07) is 62.2. The quantitative estimate of drug-likeness (QED) is 0.183. The Balaban J connectivity index is 1.10. The second-order valence-corrected chi connectivity index (χ2v) is 16.5. The molecule has 8 aromatic rings. The smallest absolute Gasteiger partial charge is 0.177 e. The largest absolute Gasteiger partial charge is 0.452 e. The van der Waals surface area contributed by atoms with Gasteiger partial charge in [-0.3, -0.25) is 4.99 Å². The summed E-state index contributed by atoms with van der Waals surface area (Å²) in [7, 11) is 0. The average molecular weight is 771 g/mol. The molecule has 3 nitrogen and oxygen atoms in total. The minimum Gasteiger partial charge on any atom is -0.452 e. The van der Waals surface area contributed by atoms with Gasteiger partial charge in [0.1, 0.15) is 17.1 Å². The van der Waals surface area contributed by atoms with Gasteiger partial charge in [-0.1, -0.05) is 188 Å². The maximum absolute atomic E-state index is 6.68. The van der Waals surface area contributed by atoms with Crippen molar-refractivity contribution >= 4 is 27.4 Å². The molecule has 0 spiro atoms. The highest BCUT2D eigenvalue weighted by Crippen LogP contribution is 2.63. The minimum absolute atomic E-state index is 0.0444. The lowest BCUT2D eigenvalue weighted by Gasteiger charge is -2.40. The van der Waals surface area contributed by atoms with Crippen molar-refractivity contribution in [2.24, 2.45) is 10.9 Å². The normalized spacial score (nSPS) is 20.9. The van der Waals surface area contributed by atoms with Gasteiger partial charge in [0.25, 0.3) is 0 Å². The van der Waals surface area contributed by atoms with Crippen molar-refractivity contribution in [3.63, 3.8) is 0 Å². The van der Waals surface area contributed by atoms with E-state index in [4.69, 9.17) is 9.41 Å². The van der Waals surface area contributed by atoms with Crippen molar-refractivity contribution in [3.05, 3.63) is 262 Å². The van der Waals surface area contributed by atoms with E-state index in [0.29, 0.717) is 5.92 Å². The van der Waals surface area contributed by atoms with Crippen molar-refractivity contribution in [3.8, 4) is 11.1 Å². The van der Waals surface area contributed by atoms with Crippen molar-refractivity contribution in [1.82, 2.24) is 5.32 Å². The van der Waals surface area contributed by atoms with E-state index in [1.54, 1.807) is 0 Å². The van der Waals surface area contributed by atoms with E-state index in [0.717, 1.165) is 45.0 Å². The number of nitrogens with zero attached hydrogens (tertiary/aromatic N) is 1. The van der Waals surface area contributed by atoms with Crippen molar-refractivity contribution in [1.29, 1.82) is 0 Å². The molecule has 3 heteroatoms. The van der Waals surface area contributed by atoms with E-state index in [2.05, 4.69) is 206 Å². The van der Waals surface area contributed by atoms with Gasteiger partial charge in [-0.2, -0.15) is 0 Å². The molecular weight excluding hydrogens is 729 g/mol.